The maximum atomic E-state index is 15.9. The Hall–Kier alpha value is -2.19. The van der Waals surface area contributed by atoms with Crippen molar-refractivity contribution >= 4 is 41.1 Å². The lowest BCUT2D eigenvalue weighted by molar-refractivity contribution is -0.124. The topological polar surface area (TPSA) is 90.5 Å². The van der Waals surface area contributed by atoms with Crippen LogP contribution >= 0.6 is 23.2 Å². The lowest BCUT2D eigenvalue weighted by Gasteiger charge is -2.38. The zero-order valence-electron chi connectivity index (χ0n) is 22.8. The smallest absolute Gasteiger partial charge is 0.238 e. The molecule has 4 atom stereocenters. The third kappa shape index (κ3) is 5.50. The van der Waals surface area contributed by atoms with Gasteiger partial charge in [0.2, 0.25) is 5.91 Å². The molecule has 40 heavy (non-hydrogen) atoms. The van der Waals surface area contributed by atoms with Crippen molar-refractivity contribution in [3.63, 3.8) is 0 Å². The minimum atomic E-state index is -1.28. The van der Waals surface area contributed by atoms with E-state index in [1.54, 1.807) is 31.3 Å². The first-order chi connectivity index (χ1) is 19.3. The van der Waals surface area contributed by atoms with Crippen LogP contribution in [0.5, 0.6) is 0 Å². The number of halogens is 3. The molecule has 6 nitrogen and oxygen atoms in total. The molecule has 5 rings (SSSR count). The second-order valence-corrected chi connectivity index (χ2v) is 12.6. The van der Waals surface area contributed by atoms with Gasteiger partial charge in [0.15, 0.2) is 0 Å². The maximum absolute atomic E-state index is 15.9. The number of carbonyl (C=O) groups is 2. The second-order valence-electron chi connectivity index (χ2n) is 11.7. The fourth-order valence-corrected chi connectivity index (χ4v) is 7.75. The molecule has 216 valence electrons. The number of benzene rings is 2. The van der Waals surface area contributed by atoms with Gasteiger partial charge >= 0.3 is 0 Å². The van der Waals surface area contributed by atoms with E-state index in [1.165, 1.54) is 6.07 Å². The fraction of sp³-hybridized carbons (Fsp3) is 0.548. The van der Waals surface area contributed by atoms with Crippen LogP contribution in [0.25, 0.3) is 0 Å². The minimum Gasteiger partial charge on any atom is -0.393 e. The van der Waals surface area contributed by atoms with Crippen LogP contribution < -0.4 is 16.0 Å². The van der Waals surface area contributed by atoms with Gasteiger partial charge in [-0.2, -0.15) is 0 Å². The Kier molecular flexibility index (Phi) is 9.05. The lowest BCUT2D eigenvalue weighted by atomic mass is 9.63. The Morgan fingerprint density at radius 1 is 1.12 bits per heavy atom. The summed E-state index contributed by atoms with van der Waals surface area (Å²) in [6, 6.07) is 8.71. The highest BCUT2D eigenvalue weighted by atomic mass is 35.5. The summed E-state index contributed by atoms with van der Waals surface area (Å²) in [7, 11) is 1.76. The van der Waals surface area contributed by atoms with Gasteiger partial charge in [-0.05, 0) is 67.3 Å². The standard InChI is InChI=1S/C31H38Cl2FN3O3/c1-35-25-16-19(32)9-14-23(25)31(17-38)26(15-18-5-2-3-6-18)37-29(27(31)22-7-4-8-24(33)28(22)34)30(40)36-20-10-12-21(39)13-11-20/h4,7-9,14,16-18,20-21,26-27,29,35,37,39H,2-3,5-6,10-13,15H2,1H3,(H,36,40)/t20?,21?,26-,27+,29-,31-/m1/s1. The average Bonchev–Trinajstić information content (AvgIpc) is 3.58. The number of aldehydes is 1. The molecule has 9 heteroatoms. The molecule has 0 unspecified atom stereocenters. The molecule has 1 heterocycles. The summed E-state index contributed by atoms with van der Waals surface area (Å²) in [6.07, 6.45) is 8.21. The summed E-state index contributed by atoms with van der Waals surface area (Å²) in [5.41, 5.74) is 0.289. The van der Waals surface area contributed by atoms with Gasteiger partial charge < -0.3 is 25.9 Å². The Bertz CT molecular complexity index is 1230. The maximum Gasteiger partial charge on any atom is 0.238 e. The highest BCUT2D eigenvalue weighted by Crippen LogP contribution is 2.53. The molecule has 1 amide bonds. The number of anilines is 1. The van der Waals surface area contributed by atoms with Gasteiger partial charge in [0, 0.05) is 35.8 Å². The number of carbonyl (C=O) groups excluding carboxylic acids is 2. The molecule has 2 saturated carbocycles. The van der Waals surface area contributed by atoms with Crippen LogP contribution in [0, 0.1) is 11.7 Å². The van der Waals surface area contributed by atoms with Crippen LogP contribution in [0.4, 0.5) is 10.1 Å². The first kappa shape index (κ1) is 29.3. The van der Waals surface area contributed by atoms with E-state index in [1.807, 2.05) is 6.07 Å². The Balaban J connectivity index is 1.65. The fourth-order valence-electron chi connectivity index (χ4n) is 7.40. The second kappa shape index (κ2) is 12.4. The molecule has 2 aromatic carbocycles. The zero-order valence-corrected chi connectivity index (χ0v) is 24.3. The highest BCUT2D eigenvalue weighted by molar-refractivity contribution is 6.31. The van der Waals surface area contributed by atoms with Crippen LogP contribution in [0.15, 0.2) is 36.4 Å². The van der Waals surface area contributed by atoms with Gasteiger partial charge in [0.05, 0.1) is 22.6 Å². The molecule has 0 bridgehead atoms. The number of aliphatic hydroxyl groups is 1. The summed E-state index contributed by atoms with van der Waals surface area (Å²) in [5.74, 6) is -1.36. The molecular weight excluding hydrogens is 552 g/mol. The molecule has 3 fully saturated rings. The van der Waals surface area contributed by atoms with Crippen LogP contribution in [-0.4, -0.2) is 48.6 Å². The summed E-state index contributed by atoms with van der Waals surface area (Å²) in [5, 5.41) is 20.3. The van der Waals surface area contributed by atoms with Gasteiger partial charge in [0.25, 0.3) is 0 Å². The van der Waals surface area contributed by atoms with E-state index in [4.69, 9.17) is 23.2 Å². The van der Waals surface area contributed by atoms with Crippen molar-refractivity contribution in [2.24, 2.45) is 5.92 Å². The number of amides is 1. The zero-order chi connectivity index (χ0) is 28.4. The highest BCUT2D eigenvalue weighted by Gasteiger charge is 2.60. The number of rotatable bonds is 8. The SMILES string of the molecule is CNc1cc(Cl)ccc1[C@]1(C=O)[C@@H](CC2CCCC2)N[C@@H](C(=O)NC2CCC(O)CC2)[C@@H]1c1cccc(Cl)c1F. The monoisotopic (exact) mass is 589 g/mol. The predicted molar refractivity (Wildman–Crippen MR) is 157 cm³/mol. The lowest BCUT2D eigenvalue weighted by Crippen LogP contribution is -2.49. The molecule has 1 saturated heterocycles. The Morgan fingerprint density at radius 2 is 1.85 bits per heavy atom. The summed E-state index contributed by atoms with van der Waals surface area (Å²) < 4.78 is 15.9. The molecule has 2 aliphatic carbocycles. The molecule has 0 aromatic heterocycles. The Labute approximate surface area is 245 Å². The first-order valence-electron chi connectivity index (χ1n) is 14.4. The van der Waals surface area contributed by atoms with Gasteiger partial charge in [-0.1, -0.05) is 67.1 Å². The van der Waals surface area contributed by atoms with Crippen LogP contribution in [0.1, 0.15) is 74.8 Å². The number of aliphatic hydroxyl groups excluding tert-OH is 1. The van der Waals surface area contributed by atoms with E-state index in [-0.39, 0.29) is 28.6 Å². The largest absolute Gasteiger partial charge is 0.393 e. The molecular formula is C31H38Cl2FN3O3. The Morgan fingerprint density at radius 3 is 2.52 bits per heavy atom. The van der Waals surface area contributed by atoms with Gasteiger partial charge in [-0.25, -0.2) is 4.39 Å². The van der Waals surface area contributed by atoms with E-state index in [0.717, 1.165) is 32.0 Å². The van der Waals surface area contributed by atoms with Crippen LogP contribution in [-0.2, 0) is 15.0 Å². The van der Waals surface area contributed by atoms with Crippen molar-refractivity contribution < 1.29 is 19.1 Å². The first-order valence-corrected chi connectivity index (χ1v) is 15.2. The van der Waals surface area contributed by atoms with Gasteiger partial charge in [0.1, 0.15) is 12.1 Å². The normalized spacial score (nSPS) is 30.8. The van der Waals surface area contributed by atoms with E-state index in [0.29, 0.717) is 54.3 Å². The molecule has 1 aliphatic heterocycles. The summed E-state index contributed by atoms with van der Waals surface area (Å²) in [4.78, 5) is 27.7. The van der Waals surface area contributed by atoms with Crippen molar-refractivity contribution in [3.8, 4) is 0 Å². The van der Waals surface area contributed by atoms with Crippen molar-refractivity contribution in [3.05, 3.63) is 63.4 Å². The molecule has 2 aromatic rings. The summed E-state index contributed by atoms with van der Waals surface area (Å²) >= 11 is 12.6. The van der Waals surface area contributed by atoms with Gasteiger partial charge in [-0.15, -0.1) is 0 Å². The average molecular weight is 591 g/mol. The number of hydrogen-bond acceptors (Lipinski definition) is 5. The number of nitrogens with one attached hydrogen (secondary N) is 3. The van der Waals surface area contributed by atoms with Crippen molar-refractivity contribution in [2.75, 3.05) is 12.4 Å². The third-order valence-electron chi connectivity index (χ3n) is 9.40. The van der Waals surface area contributed by atoms with Crippen LogP contribution in [0.2, 0.25) is 10.0 Å². The molecule has 3 aliphatic rings. The molecule has 4 N–H and O–H groups in total. The van der Waals surface area contributed by atoms with Crippen molar-refractivity contribution in [1.82, 2.24) is 10.6 Å². The molecule has 0 spiro atoms. The minimum absolute atomic E-state index is 0.0538. The number of hydrogen-bond donors (Lipinski definition) is 4. The van der Waals surface area contributed by atoms with E-state index >= 15 is 4.39 Å². The molecule has 0 radical (unpaired) electrons. The quantitative estimate of drug-likeness (QED) is 0.295. The predicted octanol–water partition coefficient (Wildman–Crippen LogP) is 5.74. The summed E-state index contributed by atoms with van der Waals surface area (Å²) in [6.45, 7) is 0. The van der Waals surface area contributed by atoms with Crippen molar-refractivity contribution in [1.29, 1.82) is 0 Å². The van der Waals surface area contributed by atoms with E-state index in [2.05, 4.69) is 16.0 Å². The third-order valence-corrected chi connectivity index (χ3v) is 9.93. The van der Waals surface area contributed by atoms with E-state index in [9.17, 15) is 14.7 Å². The van der Waals surface area contributed by atoms with Crippen molar-refractivity contribution in [2.45, 2.75) is 93.3 Å². The van der Waals surface area contributed by atoms with Crippen LogP contribution in [0.3, 0.4) is 0 Å². The van der Waals surface area contributed by atoms with E-state index < -0.39 is 29.2 Å². The van der Waals surface area contributed by atoms with Gasteiger partial charge in [-0.3, -0.25) is 4.79 Å².